The van der Waals surface area contributed by atoms with Crippen molar-refractivity contribution in [1.29, 1.82) is 0 Å². The molecule has 0 unspecified atom stereocenters. The molecule has 116 valence electrons. The Morgan fingerprint density at radius 3 is 2.36 bits per heavy atom. The highest BCUT2D eigenvalue weighted by Crippen LogP contribution is 2.21. The number of aryl methyl sites for hydroxylation is 1. The summed E-state index contributed by atoms with van der Waals surface area (Å²) in [5.41, 5.74) is 3.61. The van der Waals surface area contributed by atoms with Crippen LogP contribution in [-0.4, -0.2) is 25.0 Å². The number of hydrogen-bond acceptors (Lipinski definition) is 2. The molecule has 0 spiro atoms. The van der Waals surface area contributed by atoms with Gasteiger partial charge in [-0.25, -0.2) is 8.42 Å². The average molecular weight is 315 g/mol. The molecule has 0 N–H and O–H groups in total. The van der Waals surface area contributed by atoms with Crippen LogP contribution in [0.4, 0.5) is 0 Å². The Kier molecular flexibility index (Phi) is 4.60. The van der Waals surface area contributed by atoms with E-state index in [1.54, 1.807) is 4.31 Å². The van der Waals surface area contributed by atoms with Crippen molar-refractivity contribution >= 4 is 10.0 Å². The zero-order chi connectivity index (χ0) is 15.4. The second-order valence-corrected chi connectivity index (χ2v) is 7.85. The van der Waals surface area contributed by atoms with Crippen molar-refractivity contribution in [3.63, 3.8) is 0 Å². The molecule has 0 atom stereocenters. The van der Waals surface area contributed by atoms with Gasteiger partial charge in [0.2, 0.25) is 10.0 Å². The topological polar surface area (TPSA) is 37.4 Å². The van der Waals surface area contributed by atoms with Crippen LogP contribution < -0.4 is 0 Å². The molecule has 0 saturated heterocycles. The van der Waals surface area contributed by atoms with Crippen LogP contribution in [0.15, 0.2) is 54.6 Å². The summed E-state index contributed by atoms with van der Waals surface area (Å²) < 4.78 is 26.7. The summed E-state index contributed by atoms with van der Waals surface area (Å²) in [6.07, 6.45) is 2.29. The van der Waals surface area contributed by atoms with E-state index in [0.29, 0.717) is 19.5 Å². The van der Waals surface area contributed by atoms with Crippen LogP contribution in [0.5, 0.6) is 0 Å². The molecule has 0 saturated carbocycles. The quantitative estimate of drug-likeness (QED) is 0.850. The fourth-order valence-corrected chi connectivity index (χ4v) is 4.41. The van der Waals surface area contributed by atoms with E-state index in [2.05, 4.69) is 6.07 Å². The molecule has 1 aliphatic rings. The van der Waals surface area contributed by atoms with Gasteiger partial charge in [-0.1, -0.05) is 54.6 Å². The number of sulfonamides is 1. The first kappa shape index (κ1) is 15.3. The lowest BCUT2D eigenvalue weighted by atomic mass is 10.0. The second-order valence-electron chi connectivity index (χ2n) is 5.76. The number of rotatable bonds is 5. The van der Waals surface area contributed by atoms with E-state index in [-0.39, 0.29) is 5.75 Å². The lowest BCUT2D eigenvalue weighted by molar-refractivity contribution is 0.390. The zero-order valence-corrected chi connectivity index (χ0v) is 13.4. The fraction of sp³-hybridized carbons (Fsp3) is 0.333. The second kappa shape index (κ2) is 6.63. The maximum Gasteiger partial charge on any atom is 0.214 e. The summed E-state index contributed by atoms with van der Waals surface area (Å²) in [6, 6.07) is 18.2. The summed E-state index contributed by atoms with van der Waals surface area (Å²) in [6.45, 7) is 1.12. The summed E-state index contributed by atoms with van der Waals surface area (Å²) in [5, 5.41) is 0. The number of nitrogens with zero attached hydrogens (tertiary/aromatic N) is 1. The molecule has 3 rings (SSSR count). The largest absolute Gasteiger partial charge is 0.214 e. The van der Waals surface area contributed by atoms with E-state index in [9.17, 15) is 8.42 Å². The molecular formula is C18H21NO2S. The lowest BCUT2D eigenvalue weighted by Gasteiger charge is -2.28. The van der Waals surface area contributed by atoms with Gasteiger partial charge < -0.3 is 0 Å². The van der Waals surface area contributed by atoms with Gasteiger partial charge in [-0.2, -0.15) is 4.31 Å². The highest BCUT2D eigenvalue weighted by atomic mass is 32.2. The van der Waals surface area contributed by atoms with E-state index in [0.717, 1.165) is 18.4 Å². The summed E-state index contributed by atoms with van der Waals surface area (Å²) in [7, 11) is -3.16. The summed E-state index contributed by atoms with van der Waals surface area (Å²) in [5.74, 6) is 0.226. The lowest BCUT2D eigenvalue weighted by Crippen LogP contribution is -2.37. The molecule has 0 fully saturated rings. The molecule has 0 aromatic heterocycles. The van der Waals surface area contributed by atoms with E-state index in [1.807, 2.05) is 48.5 Å². The van der Waals surface area contributed by atoms with Crippen LogP contribution in [0.2, 0.25) is 0 Å². The smallest absolute Gasteiger partial charge is 0.212 e. The van der Waals surface area contributed by atoms with Gasteiger partial charge in [-0.3, -0.25) is 0 Å². The van der Waals surface area contributed by atoms with E-state index >= 15 is 0 Å². The summed E-state index contributed by atoms with van der Waals surface area (Å²) >= 11 is 0. The Bertz CT molecular complexity index is 726. The van der Waals surface area contributed by atoms with Crippen molar-refractivity contribution in [2.24, 2.45) is 0 Å². The fourth-order valence-electron chi connectivity index (χ4n) is 2.94. The molecule has 0 radical (unpaired) electrons. The predicted octanol–water partition coefficient (Wildman–Crippen LogP) is 3.01. The van der Waals surface area contributed by atoms with Crippen LogP contribution in [-0.2, 0) is 29.4 Å². The number of hydrogen-bond donors (Lipinski definition) is 0. The number of fused-ring (bicyclic) bond motifs is 1. The highest BCUT2D eigenvalue weighted by molar-refractivity contribution is 7.89. The van der Waals surface area contributed by atoms with E-state index in [1.165, 1.54) is 11.1 Å². The number of benzene rings is 2. The van der Waals surface area contributed by atoms with Gasteiger partial charge in [0.05, 0.1) is 5.75 Å². The first-order valence-electron chi connectivity index (χ1n) is 7.74. The van der Waals surface area contributed by atoms with Crippen molar-refractivity contribution in [3.8, 4) is 0 Å². The van der Waals surface area contributed by atoms with Gasteiger partial charge in [0.15, 0.2) is 0 Å². The maximum atomic E-state index is 12.5. The molecule has 3 nitrogen and oxygen atoms in total. The van der Waals surface area contributed by atoms with Crippen molar-refractivity contribution in [1.82, 2.24) is 4.31 Å². The van der Waals surface area contributed by atoms with Crippen LogP contribution in [0.3, 0.4) is 0 Å². The van der Waals surface area contributed by atoms with Crippen LogP contribution >= 0.6 is 0 Å². The predicted molar refractivity (Wildman–Crippen MR) is 89.1 cm³/mol. The molecular weight excluding hydrogens is 294 g/mol. The molecule has 4 heteroatoms. The Balaban J connectivity index is 1.59. The van der Waals surface area contributed by atoms with Gasteiger partial charge in [-0.15, -0.1) is 0 Å². The Hall–Kier alpha value is -1.65. The Morgan fingerprint density at radius 1 is 0.909 bits per heavy atom. The van der Waals surface area contributed by atoms with Crippen LogP contribution in [0, 0.1) is 0 Å². The third kappa shape index (κ3) is 3.57. The third-order valence-corrected chi connectivity index (χ3v) is 6.10. The Labute approximate surface area is 132 Å². The minimum absolute atomic E-state index is 0.226. The van der Waals surface area contributed by atoms with Gasteiger partial charge in [0.25, 0.3) is 0 Å². The molecule has 0 bridgehead atoms. The third-order valence-electron chi connectivity index (χ3n) is 4.20. The molecule has 1 aliphatic heterocycles. The SMILES string of the molecule is O=S(=O)(CCCc1ccccc1)N1CCc2ccccc2C1. The van der Waals surface area contributed by atoms with E-state index < -0.39 is 10.0 Å². The van der Waals surface area contributed by atoms with Gasteiger partial charge >= 0.3 is 0 Å². The maximum absolute atomic E-state index is 12.5. The van der Waals surface area contributed by atoms with Crippen LogP contribution in [0.25, 0.3) is 0 Å². The van der Waals surface area contributed by atoms with E-state index in [4.69, 9.17) is 0 Å². The van der Waals surface area contributed by atoms with Crippen molar-refractivity contribution in [2.75, 3.05) is 12.3 Å². The first-order valence-corrected chi connectivity index (χ1v) is 9.34. The standard InChI is InChI=1S/C18H21NO2S/c20-22(21,14-6-9-16-7-2-1-3-8-16)19-13-12-17-10-4-5-11-18(17)15-19/h1-5,7-8,10-11H,6,9,12-15H2. The molecule has 2 aromatic rings. The van der Waals surface area contributed by atoms with Crippen LogP contribution in [0.1, 0.15) is 23.1 Å². The minimum atomic E-state index is -3.16. The summed E-state index contributed by atoms with van der Waals surface area (Å²) in [4.78, 5) is 0. The zero-order valence-electron chi connectivity index (χ0n) is 12.6. The molecule has 1 heterocycles. The van der Waals surface area contributed by atoms with Gasteiger partial charge in [0, 0.05) is 13.1 Å². The molecule has 0 aliphatic carbocycles. The van der Waals surface area contributed by atoms with Gasteiger partial charge in [0.1, 0.15) is 0 Å². The molecule has 22 heavy (non-hydrogen) atoms. The monoisotopic (exact) mass is 315 g/mol. The van der Waals surface area contributed by atoms with Crippen molar-refractivity contribution < 1.29 is 8.42 Å². The van der Waals surface area contributed by atoms with Gasteiger partial charge in [-0.05, 0) is 36.0 Å². The van der Waals surface area contributed by atoms with Crippen molar-refractivity contribution in [2.45, 2.75) is 25.8 Å². The Morgan fingerprint density at radius 2 is 1.59 bits per heavy atom. The highest BCUT2D eigenvalue weighted by Gasteiger charge is 2.25. The molecule has 0 amide bonds. The minimum Gasteiger partial charge on any atom is -0.212 e. The van der Waals surface area contributed by atoms with Crippen molar-refractivity contribution in [3.05, 3.63) is 71.3 Å². The molecule has 2 aromatic carbocycles. The average Bonchev–Trinajstić information content (AvgIpc) is 2.55. The normalized spacial score (nSPS) is 15.5. The first-order chi connectivity index (χ1) is 10.6.